The van der Waals surface area contributed by atoms with E-state index in [4.69, 9.17) is 0 Å². The Kier molecular flexibility index (Phi) is 3.05. The van der Waals surface area contributed by atoms with Crippen molar-refractivity contribution in [3.63, 3.8) is 0 Å². The van der Waals surface area contributed by atoms with Gasteiger partial charge in [-0.15, -0.1) is 5.10 Å². The zero-order valence-electron chi connectivity index (χ0n) is 10.4. The zero-order valence-corrected chi connectivity index (χ0v) is 10.4. The van der Waals surface area contributed by atoms with E-state index in [1.165, 1.54) is 18.7 Å². The SMILES string of the molecule is CC(C)(C)c1nc(C(=O)Nc2cncnc2)n[nH]1. The van der Waals surface area contributed by atoms with Gasteiger partial charge in [0.15, 0.2) is 0 Å². The zero-order chi connectivity index (χ0) is 13.2. The Labute approximate surface area is 104 Å². The van der Waals surface area contributed by atoms with Gasteiger partial charge in [-0.25, -0.2) is 15.0 Å². The quantitative estimate of drug-likeness (QED) is 0.828. The number of hydrogen-bond donors (Lipinski definition) is 2. The fourth-order valence-corrected chi connectivity index (χ4v) is 1.25. The van der Waals surface area contributed by atoms with E-state index in [1.54, 1.807) is 0 Å². The van der Waals surface area contributed by atoms with Crippen molar-refractivity contribution in [1.29, 1.82) is 0 Å². The summed E-state index contributed by atoms with van der Waals surface area (Å²) in [6.07, 6.45) is 4.39. The van der Waals surface area contributed by atoms with Crippen molar-refractivity contribution in [3.8, 4) is 0 Å². The summed E-state index contributed by atoms with van der Waals surface area (Å²) in [6, 6.07) is 0. The second-order valence-electron chi connectivity index (χ2n) is 4.84. The van der Waals surface area contributed by atoms with E-state index in [2.05, 4.69) is 30.5 Å². The minimum absolute atomic E-state index is 0.101. The molecule has 0 aliphatic heterocycles. The van der Waals surface area contributed by atoms with Crippen LogP contribution in [0.1, 0.15) is 37.2 Å². The van der Waals surface area contributed by atoms with Crippen LogP contribution in [0.2, 0.25) is 0 Å². The molecule has 18 heavy (non-hydrogen) atoms. The number of aromatic nitrogens is 5. The molecule has 0 fully saturated rings. The first-order valence-corrected chi connectivity index (χ1v) is 5.46. The Morgan fingerprint density at radius 2 is 1.94 bits per heavy atom. The molecular formula is C11H14N6O. The number of nitrogens with zero attached hydrogens (tertiary/aromatic N) is 4. The van der Waals surface area contributed by atoms with Gasteiger partial charge in [-0.2, -0.15) is 0 Å². The molecule has 0 bridgehead atoms. The van der Waals surface area contributed by atoms with Crippen LogP contribution in [-0.4, -0.2) is 31.1 Å². The Morgan fingerprint density at radius 1 is 1.28 bits per heavy atom. The summed E-state index contributed by atoms with van der Waals surface area (Å²) in [5.74, 6) is 0.372. The summed E-state index contributed by atoms with van der Waals surface area (Å²) in [4.78, 5) is 23.6. The Bertz CT molecular complexity index is 542. The van der Waals surface area contributed by atoms with Crippen LogP contribution in [0.4, 0.5) is 5.69 Å². The van der Waals surface area contributed by atoms with Gasteiger partial charge in [-0.1, -0.05) is 20.8 Å². The largest absolute Gasteiger partial charge is 0.317 e. The van der Waals surface area contributed by atoms with Gasteiger partial charge in [0.2, 0.25) is 5.82 Å². The molecule has 0 saturated carbocycles. The molecule has 2 aromatic heterocycles. The van der Waals surface area contributed by atoms with E-state index in [-0.39, 0.29) is 11.2 Å². The second-order valence-corrected chi connectivity index (χ2v) is 4.84. The highest BCUT2D eigenvalue weighted by Crippen LogP contribution is 2.17. The fourth-order valence-electron chi connectivity index (χ4n) is 1.25. The van der Waals surface area contributed by atoms with E-state index in [0.29, 0.717) is 11.5 Å². The minimum atomic E-state index is -0.392. The van der Waals surface area contributed by atoms with Gasteiger partial charge >= 0.3 is 0 Å². The number of rotatable bonds is 2. The molecule has 2 aromatic rings. The van der Waals surface area contributed by atoms with Crippen LogP contribution in [0.3, 0.4) is 0 Å². The number of anilines is 1. The Hall–Kier alpha value is -2.31. The molecule has 7 nitrogen and oxygen atoms in total. The highest BCUT2D eigenvalue weighted by atomic mass is 16.2. The molecule has 0 spiro atoms. The van der Waals surface area contributed by atoms with Crippen LogP contribution in [-0.2, 0) is 5.41 Å². The highest BCUT2D eigenvalue weighted by molar-refractivity contribution is 6.01. The average molecular weight is 246 g/mol. The summed E-state index contributed by atoms with van der Waals surface area (Å²) >= 11 is 0. The van der Waals surface area contributed by atoms with Crippen LogP contribution >= 0.6 is 0 Å². The number of nitrogens with one attached hydrogen (secondary N) is 2. The molecule has 0 aromatic carbocycles. The van der Waals surface area contributed by atoms with Crippen LogP contribution in [0.15, 0.2) is 18.7 Å². The average Bonchev–Trinajstić information content (AvgIpc) is 2.79. The van der Waals surface area contributed by atoms with Gasteiger partial charge in [-0.05, 0) is 0 Å². The molecule has 0 atom stereocenters. The summed E-state index contributed by atoms with van der Waals surface area (Å²) < 4.78 is 0. The number of carbonyl (C=O) groups is 1. The molecule has 0 aliphatic carbocycles. The van der Waals surface area contributed by atoms with Gasteiger partial charge in [0, 0.05) is 5.41 Å². The molecule has 1 amide bonds. The maximum Gasteiger partial charge on any atom is 0.295 e. The van der Waals surface area contributed by atoms with E-state index in [1.807, 2.05) is 20.8 Å². The van der Waals surface area contributed by atoms with Crippen LogP contribution in [0.5, 0.6) is 0 Å². The molecule has 2 rings (SSSR count). The Balaban J connectivity index is 2.13. The summed E-state index contributed by atoms with van der Waals surface area (Å²) in [5.41, 5.74) is 0.325. The van der Waals surface area contributed by atoms with Gasteiger partial charge in [0.05, 0.1) is 18.1 Å². The first kappa shape index (κ1) is 12.2. The van der Waals surface area contributed by atoms with Crippen molar-refractivity contribution in [1.82, 2.24) is 25.1 Å². The standard InChI is InChI=1S/C11H14N6O/c1-11(2,3)10-15-8(16-17-10)9(18)14-7-4-12-6-13-5-7/h4-6H,1-3H3,(H,14,18)(H,15,16,17). The molecule has 0 saturated heterocycles. The van der Waals surface area contributed by atoms with Crippen molar-refractivity contribution in [2.24, 2.45) is 0 Å². The molecule has 0 unspecified atom stereocenters. The topological polar surface area (TPSA) is 96.5 Å². The van der Waals surface area contributed by atoms with Gasteiger partial charge in [-0.3, -0.25) is 9.89 Å². The monoisotopic (exact) mass is 246 g/mol. The summed E-state index contributed by atoms with van der Waals surface area (Å²) in [6.45, 7) is 5.96. The molecule has 0 aliphatic rings. The number of amides is 1. The Morgan fingerprint density at radius 3 is 2.50 bits per heavy atom. The third-order valence-electron chi connectivity index (χ3n) is 2.22. The van der Waals surface area contributed by atoms with Crippen molar-refractivity contribution in [2.75, 3.05) is 5.32 Å². The predicted octanol–water partition coefficient (Wildman–Crippen LogP) is 1.14. The van der Waals surface area contributed by atoms with Crippen LogP contribution in [0, 0.1) is 0 Å². The molecule has 7 heteroatoms. The van der Waals surface area contributed by atoms with Crippen LogP contribution < -0.4 is 5.32 Å². The van der Waals surface area contributed by atoms with Gasteiger partial charge < -0.3 is 5.32 Å². The lowest BCUT2D eigenvalue weighted by molar-refractivity contribution is 0.101. The molecule has 94 valence electrons. The van der Waals surface area contributed by atoms with Crippen molar-refractivity contribution in [2.45, 2.75) is 26.2 Å². The fraction of sp³-hybridized carbons (Fsp3) is 0.364. The summed E-state index contributed by atoms with van der Waals surface area (Å²) in [7, 11) is 0. The van der Waals surface area contributed by atoms with Crippen molar-refractivity contribution < 1.29 is 4.79 Å². The minimum Gasteiger partial charge on any atom is -0.317 e. The van der Waals surface area contributed by atoms with E-state index >= 15 is 0 Å². The third-order valence-corrected chi connectivity index (χ3v) is 2.22. The number of carbonyl (C=O) groups excluding carboxylic acids is 1. The van der Waals surface area contributed by atoms with E-state index < -0.39 is 5.91 Å². The van der Waals surface area contributed by atoms with Crippen molar-refractivity contribution >= 4 is 11.6 Å². The third kappa shape index (κ3) is 2.68. The van der Waals surface area contributed by atoms with Crippen LogP contribution in [0.25, 0.3) is 0 Å². The predicted molar refractivity (Wildman–Crippen MR) is 65.1 cm³/mol. The summed E-state index contributed by atoms with van der Waals surface area (Å²) in [5, 5.41) is 9.26. The first-order valence-electron chi connectivity index (χ1n) is 5.46. The molecular weight excluding hydrogens is 232 g/mol. The maximum absolute atomic E-state index is 11.8. The highest BCUT2D eigenvalue weighted by Gasteiger charge is 2.21. The lowest BCUT2D eigenvalue weighted by atomic mass is 9.96. The molecule has 2 heterocycles. The van der Waals surface area contributed by atoms with Crippen molar-refractivity contribution in [3.05, 3.63) is 30.4 Å². The maximum atomic E-state index is 11.8. The normalized spacial score (nSPS) is 11.3. The number of hydrogen-bond acceptors (Lipinski definition) is 5. The number of H-pyrrole nitrogens is 1. The van der Waals surface area contributed by atoms with E-state index in [9.17, 15) is 4.79 Å². The first-order chi connectivity index (χ1) is 8.47. The molecule has 0 radical (unpaired) electrons. The lowest BCUT2D eigenvalue weighted by Crippen LogP contribution is -2.16. The van der Waals surface area contributed by atoms with Gasteiger partial charge in [0.1, 0.15) is 12.2 Å². The second kappa shape index (κ2) is 4.52. The van der Waals surface area contributed by atoms with E-state index in [0.717, 1.165) is 0 Å². The molecule has 2 N–H and O–H groups in total. The van der Waals surface area contributed by atoms with Gasteiger partial charge in [0.25, 0.3) is 5.91 Å². The smallest absolute Gasteiger partial charge is 0.295 e. The number of aromatic amines is 1. The lowest BCUT2D eigenvalue weighted by Gasteiger charge is -2.12.